The predicted octanol–water partition coefficient (Wildman–Crippen LogP) is 2.94. The Kier molecular flexibility index (Phi) is 6.04. The maximum Gasteiger partial charge on any atom is 0.227 e. The van der Waals surface area contributed by atoms with E-state index >= 15 is 0 Å². The van der Waals surface area contributed by atoms with Crippen LogP contribution in [0.15, 0.2) is 45.5 Å². The third-order valence-corrected chi connectivity index (χ3v) is 4.44. The molecule has 3 aromatic rings. The van der Waals surface area contributed by atoms with Crippen LogP contribution in [0.25, 0.3) is 11.5 Å². The van der Waals surface area contributed by atoms with Gasteiger partial charge in [0.15, 0.2) is 0 Å². The Morgan fingerprint density at radius 1 is 1.31 bits per heavy atom. The normalized spacial score (nSPS) is 10.7. The van der Waals surface area contributed by atoms with E-state index in [-0.39, 0.29) is 25.5 Å². The number of hydrogen-bond acceptors (Lipinski definition) is 6. The Balaban J connectivity index is 1.56. The fourth-order valence-corrected chi connectivity index (χ4v) is 3.00. The van der Waals surface area contributed by atoms with E-state index in [0.717, 1.165) is 22.6 Å². The van der Waals surface area contributed by atoms with Gasteiger partial charge in [0.25, 0.3) is 0 Å². The number of aryl methyl sites for hydroxylation is 1. The molecular weight excluding hydrogens is 352 g/mol. The largest absolute Gasteiger partial charge is 0.487 e. The van der Waals surface area contributed by atoms with Gasteiger partial charge in [0, 0.05) is 17.5 Å². The van der Waals surface area contributed by atoms with E-state index in [1.807, 2.05) is 48.0 Å². The number of amides is 1. The minimum absolute atomic E-state index is 0.0614. The first-order valence-corrected chi connectivity index (χ1v) is 9.18. The van der Waals surface area contributed by atoms with Crippen molar-refractivity contribution in [2.45, 2.75) is 20.0 Å². The highest BCUT2D eigenvalue weighted by Gasteiger charge is 2.12. The zero-order valence-corrected chi connectivity index (χ0v) is 15.2. The van der Waals surface area contributed by atoms with Crippen molar-refractivity contribution in [3.05, 3.63) is 58.1 Å². The molecule has 0 unspecified atom stereocenters. The molecule has 2 heterocycles. The fraction of sp³-hybridized carbons (Fsp3) is 0.263. The second-order valence-corrected chi connectivity index (χ2v) is 6.50. The summed E-state index contributed by atoms with van der Waals surface area (Å²) in [6.07, 6.45) is 0.271. The molecular formula is C19H20N2O4S. The Morgan fingerprint density at radius 2 is 2.12 bits per heavy atom. The van der Waals surface area contributed by atoms with Crippen molar-refractivity contribution >= 4 is 17.2 Å². The number of aliphatic hydroxyl groups is 1. The number of carbonyl (C=O) groups excluding carboxylic acids is 1. The van der Waals surface area contributed by atoms with Crippen LogP contribution < -0.4 is 10.1 Å². The van der Waals surface area contributed by atoms with Crippen molar-refractivity contribution < 1.29 is 19.1 Å². The van der Waals surface area contributed by atoms with Crippen LogP contribution in [0.1, 0.15) is 17.0 Å². The molecule has 3 rings (SSSR count). The molecule has 26 heavy (non-hydrogen) atoms. The van der Waals surface area contributed by atoms with Gasteiger partial charge in [-0.15, -0.1) is 0 Å². The molecule has 0 saturated heterocycles. The summed E-state index contributed by atoms with van der Waals surface area (Å²) in [5.74, 6) is 1.92. The molecule has 136 valence electrons. The number of nitrogens with one attached hydrogen (secondary N) is 1. The first-order valence-electron chi connectivity index (χ1n) is 8.24. The van der Waals surface area contributed by atoms with Crippen LogP contribution in [0.4, 0.5) is 0 Å². The average Bonchev–Trinajstić information content (AvgIpc) is 3.29. The molecule has 0 bridgehead atoms. The lowest BCUT2D eigenvalue weighted by molar-refractivity contribution is -0.120. The summed E-state index contributed by atoms with van der Waals surface area (Å²) in [4.78, 5) is 16.1. The first-order chi connectivity index (χ1) is 12.7. The van der Waals surface area contributed by atoms with Gasteiger partial charge in [-0.05, 0) is 36.1 Å². The lowest BCUT2D eigenvalue weighted by atomic mass is 10.1. The van der Waals surface area contributed by atoms with Crippen molar-refractivity contribution in [1.82, 2.24) is 10.3 Å². The monoisotopic (exact) mass is 372 g/mol. The fourth-order valence-electron chi connectivity index (χ4n) is 2.37. The van der Waals surface area contributed by atoms with Gasteiger partial charge in [0.05, 0.1) is 13.0 Å². The smallest absolute Gasteiger partial charge is 0.227 e. The summed E-state index contributed by atoms with van der Waals surface area (Å²) in [6.45, 7) is 2.39. The number of thiophene rings is 1. The Hall–Kier alpha value is -2.64. The van der Waals surface area contributed by atoms with E-state index in [0.29, 0.717) is 18.2 Å². The molecule has 6 nitrogen and oxygen atoms in total. The molecule has 0 saturated carbocycles. The molecule has 2 aromatic heterocycles. The molecule has 0 atom stereocenters. The van der Waals surface area contributed by atoms with Crippen LogP contribution in [0, 0.1) is 6.92 Å². The molecule has 0 aliphatic heterocycles. The van der Waals surface area contributed by atoms with Crippen LogP contribution in [0.3, 0.4) is 0 Å². The lowest BCUT2D eigenvalue weighted by Gasteiger charge is -2.06. The summed E-state index contributed by atoms with van der Waals surface area (Å²) < 4.78 is 11.5. The minimum Gasteiger partial charge on any atom is -0.487 e. The Morgan fingerprint density at radius 3 is 2.81 bits per heavy atom. The maximum absolute atomic E-state index is 11.6. The summed E-state index contributed by atoms with van der Waals surface area (Å²) >= 11 is 1.60. The number of hydrogen-bond donors (Lipinski definition) is 2. The molecule has 0 aliphatic carbocycles. The van der Waals surface area contributed by atoms with Gasteiger partial charge in [-0.2, -0.15) is 11.3 Å². The summed E-state index contributed by atoms with van der Waals surface area (Å²) in [6, 6.07) is 9.31. The standard InChI is InChI=1S/C19H20N2O4S/c1-13-17(21-19(25-13)15-6-9-26-12-15)11-24-16-4-2-14(3-5-16)10-18(23)20-7-8-22/h2-6,9,12,22H,7-8,10-11H2,1H3,(H,20,23). The van der Waals surface area contributed by atoms with E-state index in [1.165, 1.54) is 0 Å². The molecule has 0 radical (unpaired) electrons. The lowest BCUT2D eigenvalue weighted by Crippen LogP contribution is -2.27. The number of aromatic nitrogens is 1. The van der Waals surface area contributed by atoms with E-state index in [2.05, 4.69) is 10.3 Å². The van der Waals surface area contributed by atoms with Crippen LogP contribution in [0.5, 0.6) is 5.75 Å². The summed E-state index contributed by atoms with van der Waals surface area (Å²) in [5, 5.41) is 15.3. The first kappa shape index (κ1) is 18.2. The molecule has 0 spiro atoms. The highest BCUT2D eigenvalue weighted by molar-refractivity contribution is 7.08. The van der Waals surface area contributed by atoms with Crippen LogP contribution in [-0.4, -0.2) is 29.1 Å². The van der Waals surface area contributed by atoms with Gasteiger partial charge in [-0.3, -0.25) is 4.79 Å². The third kappa shape index (κ3) is 4.71. The highest BCUT2D eigenvalue weighted by atomic mass is 32.1. The summed E-state index contributed by atoms with van der Waals surface area (Å²) in [7, 11) is 0. The van der Waals surface area contributed by atoms with Crippen molar-refractivity contribution in [2.24, 2.45) is 0 Å². The number of aliphatic hydroxyl groups excluding tert-OH is 1. The summed E-state index contributed by atoms with van der Waals surface area (Å²) in [5.41, 5.74) is 2.61. The van der Waals surface area contributed by atoms with Crippen LogP contribution >= 0.6 is 11.3 Å². The second-order valence-electron chi connectivity index (χ2n) is 5.72. The van der Waals surface area contributed by atoms with Gasteiger partial charge in [-0.1, -0.05) is 12.1 Å². The van der Waals surface area contributed by atoms with Crippen LogP contribution in [-0.2, 0) is 17.8 Å². The number of rotatable bonds is 8. The third-order valence-electron chi connectivity index (χ3n) is 3.76. The van der Waals surface area contributed by atoms with E-state index in [1.54, 1.807) is 11.3 Å². The van der Waals surface area contributed by atoms with Crippen molar-refractivity contribution in [2.75, 3.05) is 13.2 Å². The SMILES string of the molecule is Cc1oc(-c2ccsc2)nc1COc1ccc(CC(=O)NCCO)cc1. The van der Waals surface area contributed by atoms with Crippen LogP contribution in [0.2, 0.25) is 0 Å². The van der Waals surface area contributed by atoms with Gasteiger partial charge in [-0.25, -0.2) is 4.98 Å². The number of ether oxygens (including phenoxy) is 1. The molecule has 7 heteroatoms. The van der Waals surface area contributed by atoms with E-state index < -0.39 is 0 Å². The molecule has 0 aliphatic rings. The number of carbonyl (C=O) groups is 1. The zero-order valence-electron chi connectivity index (χ0n) is 14.4. The van der Waals surface area contributed by atoms with Crippen molar-refractivity contribution in [3.8, 4) is 17.2 Å². The Bertz CT molecular complexity index is 841. The van der Waals surface area contributed by atoms with Crippen molar-refractivity contribution in [3.63, 3.8) is 0 Å². The molecule has 0 fully saturated rings. The van der Waals surface area contributed by atoms with Gasteiger partial charge in [0.2, 0.25) is 11.8 Å². The minimum atomic E-state index is -0.119. The average molecular weight is 372 g/mol. The van der Waals surface area contributed by atoms with Gasteiger partial charge < -0.3 is 19.6 Å². The topological polar surface area (TPSA) is 84.6 Å². The molecule has 1 aromatic carbocycles. The maximum atomic E-state index is 11.6. The quantitative estimate of drug-likeness (QED) is 0.635. The van der Waals surface area contributed by atoms with E-state index in [9.17, 15) is 4.79 Å². The molecule has 1 amide bonds. The van der Waals surface area contributed by atoms with Gasteiger partial charge >= 0.3 is 0 Å². The number of oxazole rings is 1. The number of nitrogens with zero attached hydrogens (tertiary/aromatic N) is 1. The zero-order chi connectivity index (χ0) is 18.4. The number of benzene rings is 1. The predicted molar refractivity (Wildman–Crippen MR) is 99.1 cm³/mol. The van der Waals surface area contributed by atoms with E-state index in [4.69, 9.17) is 14.3 Å². The van der Waals surface area contributed by atoms with Crippen molar-refractivity contribution in [1.29, 1.82) is 0 Å². The molecule has 2 N–H and O–H groups in total. The Labute approximate surface area is 155 Å². The second kappa shape index (κ2) is 8.64. The highest BCUT2D eigenvalue weighted by Crippen LogP contribution is 2.24. The van der Waals surface area contributed by atoms with Gasteiger partial charge in [0.1, 0.15) is 23.8 Å².